The highest BCUT2D eigenvalue weighted by molar-refractivity contribution is 7.14. The molecule has 0 unspecified atom stereocenters. The number of amides is 2. The van der Waals surface area contributed by atoms with E-state index in [1.54, 1.807) is 0 Å². The van der Waals surface area contributed by atoms with Gasteiger partial charge < -0.3 is 0 Å². The Kier molecular flexibility index (Phi) is 5.95. The first-order valence-electron chi connectivity index (χ1n) is 9.73. The van der Waals surface area contributed by atoms with Crippen LogP contribution >= 0.6 is 11.3 Å². The third kappa shape index (κ3) is 4.86. The second kappa shape index (κ2) is 8.95. The lowest BCUT2D eigenvalue weighted by Crippen LogP contribution is -2.43. The van der Waals surface area contributed by atoms with Crippen LogP contribution in [0.5, 0.6) is 0 Å². The fourth-order valence-corrected chi connectivity index (χ4v) is 4.47. The molecular weight excluding hydrogens is 388 g/mol. The topological polar surface area (TPSA) is 102 Å². The van der Waals surface area contributed by atoms with Gasteiger partial charge >= 0.3 is 0 Å². The zero-order valence-electron chi connectivity index (χ0n) is 15.9. The molecule has 2 N–H and O–H groups in total. The van der Waals surface area contributed by atoms with Gasteiger partial charge in [-0.1, -0.05) is 43.2 Å². The molecular formula is C20H22N6O2S. The Morgan fingerprint density at radius 2 is 1.83 bits per heavy atom. The molecule has 2 aromatic heterocycles. The third-order valence-corrected chi connectivity index (χ3v) is 6.04. The number of rotatable bonds is 4. The van der Waals surface area contributed by atoms with Crippen LogP contribution in [0.15, 0.2) is 36.4 Å². The van der Waals surface area contributed by atoms with E-state index in [9.17, 15) is 9.59 Å². The zero-order chi connectivity index (χ0) is 20.1. The van der Waals surface area contributed by atoms with E-state index >= 15 is 0 Å². The number of nitrogens with zero attached hydrogens (tertiary/aromatic N) is 4. The Morgan fingerprint density at radius 1 is 1.03 bits per heavy atom. The molecule has 2 amide bonds. The van der Waals surface area contributed by atoms with Crippen LogP contribution in [0.25, 0.3) is 11.4 Å². The number of tetrazole rings is 1. The lowest BCUT2D eigenvalue weighted by molar-refractivity contribution is -0.122. The summed E-state index contributed by atoms with van der Waals surface area (Å²) in [6, 6.07) is 11.3. The molecule has 9 heteroatoms. The quantitative estimate of drug-likeness (QED) is 0.644. The minimum absolute atomic E-state index is 0.138. The van der Waals surface area contributed by atoms with Crippen LogP contribution in [0, 0.1) is 0 Å². The van der Waals surface area contributed by atoms with Crippen molar-refractivity contribution in [3.05, 3.63) is 51.7 Å². The summed E-state index contributed by atoms with van der Waals surface area (Å²) in [5.74, 6) is -0.282. The Hall–Kier alpha value is -3.07. The van der Waals surface area contributed by atoms with E-state index in [0.29, 0.717) is 10.7 Å². The number of hydrogen-bond acceptors (Lipinski definition) is 6. The van der Waals surface area contributed by atoms with Gasteiger partial charge in [0.2, 0.25) is 5.82 Å². The minimum Gasteiger partial charge on any atom is -0.271 e. The first kappa shape index (κ1) is 19.3. The van der Waals surface area contributed by atoms with Crippen molar-refractivity contribution >= 4 is 23.2 Å². The molecule has 0 bridgehead atoms. The zero-order valence-corrected chi connectivity index (χ0v) is 16.7. The molecule has 8 nitrogen and oxygen atoms in total. The van der Waals surface area contributed by atoms with Gasteiger partial charge in [-0.3, -0.25) is 20.4 Å². The second-order valence-electron chi connectivity index (χ2n) is 6.99. The number of carbonyl (C=O) groups excluding carboxylic acids is 2. The van der Waals surface area contributed by atoms with E-state index in [1.165, 1.54) is 45.8 Å². The van der Waals surface area contributed by atoms with Crippen LogP contribution in [0.1, 0.15) is 45.8 Å². The van der Waals surface area contributed by atoms with Gasteiger partial charge in [-0.25, -0.2) is 0 Å². The Labute approximate surface area is 172 Å². The first-order valence-corrected chi connectivity index (χ1v) is 10.5. The summed E-state index contributed by atoms with van der Waals surface area (Å²) in [5.41, 5.74) is 6.99. The highest BCUT2D eigenvalue weighted by atomic mass is 32.1. The number of fused-ring (bicyclic) bond motifs is 1. The summed E-state index contributed by atoms with van der Waals surface area (Å²) in [4.78, 5) is 27.7. The lowest BCUT2D eigenvalue weighted by Gasteiger charge is -2.07. The molecule has 1 aliphatic carbocycles. The molecule has 0 radical (unpaired) electrons. The number of aryl methyl sites for hydroxylation is 2. The molecule has 1 aromatic carbocycles. The average molecular weight is 411 g/mol. The van der Waals surface area contributed by atoms with Gasteiger partial charge in [-0.2, -0.15) is 4.80 Å². The molecule has 0 fully saturated rings. The van der Waals surface area contributed by atoms with Crippen LogP contribution < -0.4 is 10.9 Å². The standard InChI is InChI=1S/C20H22N6O2S/c27-18(13-26-24-19(22-25-26)14-8-5-3-6-9-14)21-23-20(28)17-12-15-10-4-1-2-7-11-16(15)29-17/h3,5-6,8-9,12H,1-2,4,7,10-11,13H2,(H,21,27)(H,23,28). The number of hydrazine groups is 1. The summed E-state index contributed by atoms with van der Waals surface area (Å²) in [6.07, 6.45) is 6.87. The largest absolute Gasteiger partial charge is 0.279 e. The highest BCUT2D eigenvalue weighted by Crippen LogP contribution is 2.28. The van der Waals surface area contributed by atoms with Crippen molar-refractivity contribution in [3.8, 4) is 11.4 Å². The molecule has 1 aliphatic rings. The van der Waals surface area contributed by atoms with Gasteiger partial charge in [0.15, 0.2) is 0 Å². The number of hydrogen-bond donors (Lipinski definition) is 2. The van der Waals surface area contributed by atoms with Crippen LogP contribution in [0.3, 0.4) is 0 Å². The monoisotopic (exact) mass is 410 g/mol. The Morgan fingerprint density at radius 3 is 2.66 bits per heavy atom. The van der Waals surface area contributed by atoms with Crippen LogP contribution in [-0.4, -0.2) is 32.0 Å². The van der Waals surface area contributed by atoms with Gasteiger partial charge in [0.1, 0.15) is 6.54 Å². The molecule has 4 rings (SSSR count). The summed E-state index contributed by atoms with van der Waals surface area (Å²) in [7, 11) is 0. The molecule has 0 atom stereocenters. The van der Waals surface area contributed by atoms with E-state index in [2.05, 4.69) is 26.3 Å². The number of carbonyl (C=O) groups is 2. The molecule has 2 heterocycles. The summed E-state index contributed by atoms with van der Waals surface area (Å²) >= 11 is 1.52. The Bertz CT molecular complexity index is 972. The minimum atomic E-state index is -0.426. The molecule has 29 heavy (non-hydrogen) atoms. The fraction of sp³-hybridized carbons (Fsp3) is 0.350. The van der Waals surface area contributed by atoms with E-state index < -0.39 is 5.91 Å². The molecule has 150 valence electrons. The number of nitrogens with one attached hydrogen (secondary N) is 2. The van der Waals surface area contributed by atoms with Gasteiger partial charge in [0.25, 0.3) is 11.8 Å². The Balaban J connectivity index is 1.31. The van der Waals surface area contributed by atoms with Crippen molar-refractivity contribution in [2.75, 3.05) is 0 Å². The van der Waals surface area contributed by atoms with Crippen molar-refractivity contribution in [1.29, 1.82) is 0 Å². The molecule has 0 spiro atoms. The first-order chi connectivity index (χ1) is 14.2. The second-order valence-corrected chi connectivity index (χ2v) is 8.12. The fourth-order valence-electron chi connectivity index (χ4n) is 3.33. The SMILES string of the molecule is O=C(Cn1nnc(-c2ccccc2)n1)NNC(=O)c1cc2c(s1)CCCCCC2. The molecule has 0 saturated heterocycles. The predicted molar refractivity (Wildman–Crippen MR) is 109 cm³/mol. The molecule has 0 saturated carbocycles. The third-order valence-electron chi connectivity index (χ3n) is 4.81. The predicted octanol–water partition coefficient (Wildman–Crippen LogP) is 2.52. The average Bonchev–Trinajstić information content (AvgIpc) is 3.34. The van der Waals surface area contributed by atoms with E-state index in [0.717, 1.165) is 24.8 Å². The smallest absolute Gasteiger partial charge is 0.271 e. The van der Waals surface area contributed by atoms with Crippen molar-refractivity contribution < 1.29 is 9.59 Å². The van der Waals surface area contributed by atoms with Crippen LogP contribution in [-0.2, 0) is 24.2 Å². The van der Waals surface area contributed by atoms with E-state index in [1.807, 2.05) is 36.4 Å². The van der Waals surface area contributed by atoms with Gasteiger partial charge in [0, 0.05) is 10.4 Å². The van der Waals surface area contributed by atoms with Gasteiger partial charge in [-0.05, 0) is 42.5 Å². The normalized spacial score (nSPS) is 13.8. The molecule has 3 aromatic rings. The van der Waals surface area contributed by atoms with Crippen molar-refractivity contribution in [2.45, 2.75) is 45.1 Å². The van der Waals surface area contributed by atoms with Crippen molar-refractivity contribution in [3.63, 3.8) is 0 Å². The summed E-state index contributed by atoms with van der Waals surface area (Å²) in [5, 5.41) is 12.0. The van der Waals surface area contributed by atoms with E-state index in [-0.39, 0.29) is 12.5 Å². The summed E-state index contributed by atoms with van der Waals surface area (Å²) in [6.45, 7) is -0.138. The van der Waals surface area contributed by atoms with Crippen LogP contribution in [0.4, 0.5) is 0 Å². The van der Waals surface area contributed by atoms with Crippen molar-refractivity contribution in [1.82, 2.24) is 31.1 Å². The maximum atomic E-state index is 12.4. The summed E-state index contributed by atoms with van der Waals surface area (Å²) < 4.78 is 0. The van der Waals surface area contributed by atoms with Crippen molar-refractivity contribution in [2.24, 2.45) is 0 Å². The van der Waals surface area contributed by atoms with Crippen LogP contribution in [0.2, 0.25) is 0 Å². The highest BCUT2D eigenvalue weighted by Gasteiger charge is 2.17. The van der Waals surface area contributed by atoms with Gasteiger partial charge in [0.05, 0.1) is 4.88 Å². The number of aromatic nitrogens is 4. The number of thiophene rings is 1. The number of benzene rings is 1. The van der Waals surface area contributed by atoms with E-state index in [4.69, 9.17) is 0 Å². The van der Waals surface area contributed by atoms with Gasteiger partial charge in [-0.15, -0.1) is 21.5 Å². The maximum absolute atomic E-state index is 12.4. The maximum Gasteiger partial charge on any atom is 0.279 e. The molecule has 0 aliphatic heterocycles. The lowest BCUT2D eigenvalue weighted by atomic mass is 10.00.